The van der Waals surface area contributed by atoms with E-state index in [-0.39, 0.29) is 30.6 Å². The van der Waals surface area contributed by atoms with E-state index in [0.717, 1.165) is 11.4 Å². The highest BCUT2D eigenvalue weighted by Crippen LogP contribution is 2.27. The van der Waals surface area contributed by atoms with Crippen molar-refractivity contribution in [2.45, 2.75) is 43.9 Å². The van der Waals surface area contributed by atoms with Crippen LogP contribution >= 0.6 is 0 Å². The summed E-state index contributed by atoms with van der Waals surface area (Å²) >= 11 is 0. The van der Waals surface area contributed by atoms with Crippen LogP contribution in [0.15, 0.2) is 42.7 Å². The molecule has 0 saturated carbocycles. The van der Waals surface area contributed by atoms with Gasteiger partial charge in [-0.2, -0.15) is 0 Å². The van der Waals surface area contributed by atoms with Crippen LogP contribution in [-0.4, -0.2) is 45.3 Å². The number of imidazole rings is 1. The minimum Gasteiger partial charge on any atom is -0.481 e. The van der Waals surface area contributed by atoms with Gasteiger partial charge >= 0.3 is 12.0 Å². The van der Waals surface area contributed by atoms with Crippen LogP contribution in [0.3, 0.4) is 0 Å². The zero-order chi connectivity index (χ0) is 19.9. The minimum atomic E-state index is -0.876. The molecule has 3 atom stereocenters. The van der Waals surface area contributed by atoms with Gasteiger partial charge in [-0.25, -0.2) is 9.78 Å². The first-order valence-electron chi connectivity index (χ1n) is 9.44. The van der Waals surface area contributed by atoms with Crippen molar-refractivity contribution in [2.24, 2.45) is 7.05 Å². The van der Waals surface area contributed by atoms with Gasteiger partial charge in [-0.15, -0.1) is 0 Å². The average molecular weight is 386 g/mol. The summed E-state index contributed by atoms with van der Waals surface area (Å²) in [7, 11) is 1.89. The van der Waals surface area contributed by atoms with Gasteiger partial charge in [-0.05, 0) is 24.8 Å². The standard InChI is InChI=1S/C20H26N4O4/c1-24-11-10-21-19(24)18-16(9-12-28-18)23-20(27)22-15(7-8-17(25)26)13-14-5-3-2-4-6-14/h2-6,10-11,15-16,18H,7-9,12-13H2,1H3,(H,25,26)(H2,22,23,27)/t15?,16-,18-/m0/s1. The number of urea groups is 1. The van der Waals surface area contributed by atoms with Crippen LogP contribution in [0, 0.1) is 0 Å². The molecule has 2 aromatic rings. The number of amides is 2. The molecule has 1 unspecified atom stereocenters. The fourth-order valence-electron chi connectivity index (χ4n) is 3.46. The maximum Gasteiger partial charge on any atom is 0.315 e. The number of ether oxygens (including phenoxy) is 1. The molecule has 28 heavy (non-hydrogen) atoms. The van der Waals surface area contributed by atoms with E-state index in [2.05, 4.69) is 15.6 Å². The fourth-order valence-corrected chi connectivity index (χ4v) is 3.46. The molecule has 1 aromatic heterocycles. The van der Waals surface area contributed by atoms with Crippen LogP contribution in [0.5, 0.6) is 0 Å². The Morgan fingerprint density at radius 2 is 2.14 bits per heavy atom. The Balaban J connectivity index is 1.60. The number of aryl methyl sites for hydroxylation is 1. The van der Waals surface area contributed by atoms with Gasteiger partial charge in [-0.1, -0.05) is 30.3 Å². The van der Waals surface area contributed by atoms with Crippen LogP contribution in [0.4, 0.5) is 4.79 Å². The molecular formula is C20H26N4O4. The van der Waals surface area contributed by atoms with Crippen molar-refractivity contribution in [3.8, 4) is 0 Å². The number of hydrogen-bond acceptors (Lipinski definition) is 4. The molecule has 3 N–H and O–H groups in total. The molecule has 1 aromatic carbocycles. The summed E-state index contributed by atoms with van der Waals surface area (Å²) in [6, 6.07) is 8.94. The maximum atomic E-state index is 12.6. The van der Waals surface area contributed by atoms with E-state index in [0.29, 0.717) is 25.9 Å². The quantitative estimate of drug-likeness (QED) is 0.644. The van der Waals surface area contributed by atoms with E-state index in [1.54, 1.807) is 6.20 Å². The van der Waals surface area contributed by atoms with Crippen LogP contribution in [0.2, 0.25) is 0 Å². The molecule has 1 aliphatic rings. The second kappa shape index (κ2) is 9.36. The van der Waals surface area contributed by atoms with Crippen molar-refractivity contribution >= 4 is 12.0 Å². The van der Waals surface area contributed by atoms with Gasteiger partial charge in [-0.3, -0.25) is 4.79 Å². The monoisotopic (exact) mass is 386 g/mol. The number of carbonyl (C=O) groups excluding carboxylic acids is 1. The fraction of sp³-hybridized carbons (Fsp3) is 0.450. The second-order valence-electron chi connectivity index (χ2n) is 7.02. The highest BCUT2D eigenvalue weighted by molar-refractivity contribution is 5.75. The number of rotatable bonds is 8. The first-order valence-corrected chi connectivity index (χ1v) is 9.44. The Labute approximate surface area is 163 Å². The second-order valence-corrected chi connectivity index (χ2v) is 7.02. The summed E-state index contributed by atoms with van der Waals surface area (Å²) in [5, 5.41) is 14.9. The smallest absolute Gasteiger partial charge is 0.315 e. The van der Waals surface area contributed by atoms with E-state index in [9.17, 15) is 9.59 Å². The summed E-state index contributed by atoms with van der Waals surface area (Å²) in [6.45, 7) is 0.551. The Kier molecular flexibility index (Phi) is 6.65. The number of aromatic nitrogens is 2. The summed E-state index contributed by atoms with van der Waals surface area (Å²) < 4.78 is 7.65. The van der Waals surface area contributed by atoms with E-state index in [4.69, 9.17) is 9.84 Å². The number of carboxylic acids is 1. The first-order chi connectivity index (χ1) is 13.5. The van der Waals surface area contributed by atoms with Crippen LogP contribution in [0.1, 0.15) is 36.8 Å². The van der Waals surface area contributed by atoms with Gasteiger partial charge in [0, 0.05) is 38.5 Å². The molecule has 1 aliphatic heterocycles. The van der Waals surface area contributed by atoms with Gasteiger partial charge in [0.25, 0.3) is 0 Å². The van der Waals surface area contributed by atoms with Gasteiger partial charge in [0.1, 0.15) is 11.9 Å². The number of hydrogen-bond donors (Lipinski definition) is 3. The number of carbonyl (C=O) groups is 2. The Morgan fingerprint density at radius 3 is 2.82 bits per heavy atom. The molecule has 8 nitrogen and oxygen atoms in total. The molecule has 2 heterocycles. The van der Waals surface area contributed by atoms with Crippen LogP contribution in [-0.2, 0) is 23.0 Å². The normalized spacial score (nSPS) is 19.9. The lowest BCUT2D eigenvalue weighted by Crippen LogP contribution is -2.48. The molecule has 2 amide bonds. The molecule has 8 heteroatoms. The van der Waals surface area contributed by atoms with Crippen molar-refractivity contribution < 1.29 is 19.4 Å². The molecule has 150 valence electrons. The summed E-state index contributed by atoms with van der Waals surface area (Å²) in [5.41, 5.74) is 1.05. The van der Waals surface area contributed by atoms with Gasteiger partial charge < -0.3 is 25.0 Å². The van der Waals surface area contributed by atoms with Crippen molar-refractivity contribution in [3.05, 3.63) is 54.1 Å². The summed E-state index contributed by atoms with van der Waals surface area (Å²) in [4.78, 5) is 27.9. The Hall–Kier alpha value is -2.87. The zero-order valence-electron chi connectivity index (χ0n) is 15.9. The molecule has 0 spiro atoms. The van der Waals surface area contributed by atoms with E-state index in [1.165, 1.54) is 0 Å². The van der Waals surface area contributed by atoms with Crippen LogP contribution < -0.4 is 10.6 Å². The third-order valence-electron chi connectivity index (χ3n) is 4.89. The number of aliphatic carboxylic acids is 1. The molecule has 3 rings (SSSR count). The highest BCUT2D eigenvalue weighted by atomic mass is 16.5. The highest BCUT2D eigenvalue weighted by Gasteiger charge is 2.33. The molecule has 0 radical (unpaired) electrons. The summed E-state index contributed by atoms with van der Waals surface area (Å²) in [6.07, 6.45) is 4.89. The largest absolute Gasteiger partial charge is 0.481 e. The molecule has 0 aliphatic carbocycles. The first kappa shape index (κ1) is 19.9. The predicted octanol–water partition coefficient (Wildman–Crippen LogP) is 2.03. The third kappa shape index (κ3) is 5.32. The predicted molar refractivity (Wildman–Crippen MR) is 103 cm³/mol. The lowest BCUT2D eigenvalue weighted by molar-refractivity contribution is -0.137. The summed E-state index contributed by atoms with van der Waals surface area (Å²) in [5.74, 6) is -0.103. The Bertz CT molecular complexity index is 793. The lowest BCUT2D eigenvalue weighted by atomic mass is 10.0. The van der Waals surface area contributed by atoms with E-state index in [1.807, 2.05) is 48.1 Å². The number of carboxylic acid groups (broad SMARTS) is 1. The molecule has 1 fully saturated rings. The lowest BCUT2D eigenvalue weighted by Gasteiger charge is -2.23. The zero-order valence-corrected chi connectivity index (χ0v) is 15.9. The van der Waals surface area contributed by atoms with Gasteiger partial charge in [0.05, 0.1) is 6.04 Å². The van der Waals surface area contributed by atoms with Crippen molar-refractivity contribution in [2.75, 3.05) is 6.61 Å². The van der Waals surface area contributed by atoms with E-state index < -0.39 is 5.97 Å². The van der Waals surface area contributed by atoms with Crippen molar-refractivity contribution in [1.82, 2.24) is 20.2 Å². The number of nitrogens with one attached hydrogen (secondary N) is 2. The van der Waals surface area contributed by atoms with Gasteiger partial charge in [0.15, 0.2) is 0 Å². The van der Waals surface area contributed by atoms with Gasteiger partial charge in [0.2, 0.25) is 0 Å². The Morgan fingerprint density at radius 1 is 1.36 bits per heavy atom. The number of benzene rings is 1. The van der Waals surface area contributed by atoms with E-state index >= 15 is 0 Å². The van der Waals surface area contributed by atoms with Crippen molar-refractivity contribution in [1.29, 1.82) is 0 Å². The molecular weight excluding hydrogens is 360 g/mol. The topological polar surface area (TPSA) is 105 Å². The average Bonchev–Trinajstić information content (AvgIpc) is 3.28. The van der Waals surface area contributed by atoms with Crippen molar-refractivity contribution in [3.63, 3.8) is 0 Å². The maximum absolute atomic E-state index is 12.6. The molecule has 0 bridgehead atoms. The van der Waals surface area contributed by atoms with Crippen LogP contribution in [0.25, 0.3) is 0 Å². The molecule has 1 saturated heterocycles. The number of nitrogens with zero attached hydrogens (tertiary/aromatic N) is 2. The SMILES string of the molecule is Cn1ccnc1[C@H]1OCC[C@@H]1NC(=O)NC(CCC(=O)O)Cc1ccccc1. The third-order valence-corrected chi connectivity index (χ3v) is 4.89. The minimum absolute atomic E-state index is 0.000213.